The Bertz CT molecular complexity index is 555. The Balaban J connectivity index is 3.40. The molecule has 108 valence electrons. The molecule has 1 heterocycles. The fourth-order valence-electron chi connectivity index (χ4n) is 1.89. The number of anilines is 1. The van der Waals surface area contributed by atoms with E-state index in [0.717, 1.165) is 4.90 Å². The Hall–Kier alpha value is -2.64. The normalized spacial score (nSPS) is 10.1. The summed E-state index contributed by atoms with van der Waals surface area (Å²) in [5.74, 6) is -2.64. The number of primary amides is 2. The molecule has 0 radical (unpaired) electrons. The van der Waals surface area contributed by atoms with Crippen LogP contribution in [0, 0.1) is 13.8 Å². The van der Waals surface area contributed by atoms with Crippen molar-refractivity contribution in [3.05, 3.63) is 22.9 Å². The molecule has 0 unspecified atom stereocenters. The third-order valence-corrected chi connectivity index (χ3v) is 2.53. The lowest BCUT2D eigenvalue weighted by atomic mass is 10.1. The van der Waals surface area contributed by atoms with Gasteiger partial charge in [0.2, 0.25) is 11.8 Å². The maximum atomic E-state index is 11.3. The van der Waals surface area contributed by atoms with Gasteiger partial charge in [-0.05, 0) is 25.5 Å². The van der Waals surface area contributed by atoms with E-state index >= 15 is 0 Å². The van der Waals surface area contributed by atoms with Crippen molar-refractivity contribution in [1.29, 1.82) is 0 Å². The number of amides is 2. The van der Waals surface area contributed by atoms with E-state index < -0.39 is 17.8 Å². The number of aromatic carboxylic acids is 1. The summed E-state index contributed by atoms with van der Waals surface area (Å²) in [5, 5.41) is 9.26. The number of carbonyl (C=O) groups is 3. The highest BCUT2D eigenvalue weighted by Gasteiger charge is 2.23. The Morgan fingerprint density at radius 2 is 1.70 bits per heavy atom. The predicted molar refractivity (Wildman–Crippen MR) is 71.3 cm³/mol. The SMILES string of the molecule is Cc1cc(C)c(C(=O)O)c(N(CC(N)=O)CC(N)=O)n1. The molecule has 0 aromatic carbocycles. The number of carboxylic acid groups (broad SMARTS) is 1. The van der Waals surface area contributed by atoms with E-state index in [0.29, 0.717) is 11.3 Å². The second-order valence-corrected chi connectivity index (χ2v) is 4.37. The summed E-state index contributed by atoms with van der Waals surface area (Å²) in [6, 6.07) is 1.60. The highest BCUT2D eigenvalue weighted by molar-refractivity contribution is 5.96. The zero-order valence-electron chi connectivity index (χ0n) is 11.2. The van der Waals surface area contributed by atoms with Crippen LogP contribution in [0.25, 0.3) is 0 Å². The zero-order chi connectivity index (χ0) is 15.4. The van der Waals surface area contributed by atoms with Crippen molar-refractivity contribution in [3.63, 3.8) is 0 Å². The highest BCUT2D eigenvalue weighted by atomic mass is 16.4. The molecule has 5 N–H and O–H groups in total. The van der Waals surface area contributed by atoms with Gasteiger partial charge in [0.05, 0.1) is 13.1 Å². The number of hydrogen-bond donors (Lipinski definition) is 3. The predicted octanol–water partition coefficient (Wildman–Crippen LogP) is -0.826. The first-order chi connectivity index (χ1) is 9.22. The fraction of sp³-hybridized carbons (Fsp3) is 0.333. The maximum absolute atomic E-state index is 11.3. The van der Waals surface area contributed by atoms with Crippen LogP contribution in [0.1, 0.15) is 21.6 Å². The highest BCUT2D eigenvalue weighted by Crippen LogP contribution is 2.22. The number of aromatic nitrogens is 1. The van der Waals surface area contributed by atoms with Crippen molar-refractivity contribution in [2.75, 3.05) is 18.0 Å². The molecule has 0 fully saturated rings. The number of carbonyl (C=O) groups excluding carboxylic acids is 2. The van der Waals surface area contributed by atoms with E-state index in [-0.39, 0.29) is 24.5 Å². The van der Waals surface area contributed by atoms with Gasteiger partial charge in [0.1, 0.15) is 11.4 Å². The number of rotatable bonds is 6. The molecule has 20 heavy (non-hydrogen) atoms. The van der Waals surface area contributed by atoms with Gasteiger partial charge in [-0.3, -0.25) is 9.59 Å². The molecule has 0 aliphatic carbocycles. The smallest absolute Gasteiger partial charge is 0.339 e. The monoisotopic (exact) mass is 280 g/mol. The summed E-state index contributed by atoms with van der Waals surface area (Å²) in [7, 11) is 0. The summed E-state index contributed by atoms with van der Waals surface area (Å²) in [4.78, 5) is 38.7. The van der Waals surface area contributed by atoms with E-state index in [9.17, 15) is 19.5 Å². The van der Waals surface area contributed by atoms with E-state index in [1.807, 2.05) is 0 Å². The molecular formula is C12H16N4O4. The van der Waals surface area contributed by atoms with Crippen LogP contribution in [0.5, 0.6) is 0 Å². The molecule has 0 aliphatic rings. The molecule has 1 aromatic heterocycles. The van der Waals surface area contributed by atoms with E-state index in [4.69, 9.17) is 11.5 Å². The second kappa shape index (κ2) is 6.00. The van der Waals surface area contributed by atoms with E-state index in [1.165, 1.54) is 0 Å². The third-order valence-electron chi connectivity index (χ3n) is 2.53. The number of nitrogens with zero attached hydrogens (tertiary/aromatic N) is 2. The average Bonchev–Trinajstić information content (AvgIpc) is 2.24. The molecule has 2 amide bonds. The van der Waals surface area contributed by atoms with Crippen LogP contribution < -0.4 is 16.4 Å². The quantitative estimate of drug-likeness (QED) is 0.621. The van der Waals surface area contributed by atoms with Crippen molar-refractivity contribution in [2.24, 2.45) is 11.5 Å². The Morgan fingerprint density at radius 3 is 2.10 bits per heavy atom. The lowest BCUT2D eigenvalue weighted by Crippen LogP contribution is -2.41. The van der Waals surface area contributed by atoms with Crippen molar-refractivity contribution in [1.82, 2.24) is 4.98 Å². The first-order valence-electron chi connectivity index (χ1n) is 5.75. The van der Waals surface area contributed by atoms with Gasteiger partial charge in [-0.15, -0.1) is 0 Å². The molecule has 0 bridgehead atoms. The minimum atomic E-state index is -1.20. The maximum Gasteiger partial charge on any atom is 0.339 e. The summed E-state index contributed by atoms with van der Waals surface area (Å²) in [6.45, 7) is 2.58. The van der Waals surface area contributed by atoms with Crippen LogP contribution in [-0.4, -0.2) is 41.0 Å². The Kier molecular flexibility index (Phi) is 4.63. The van der Waals surface area contributed by atoms with E-state index in [1.54, 1.807) is 19.9 Å². The van der Waals surface area contributed by atoms with Gasteiger partial charge >= 0.3 is 5.97 Å². The largest absolute Gasteiger partial charge is 0.478 e. The standard InChI is InChI=1S/C12H16N4O4/c1-6-3-7(2)15-11(10(6)12(19)20)16(4-8(13)17)5-9(14)18/h3H,4-5H2,1-2H3,(H2,13,17)(H2,14,18)(H,19,20). The Labute approximate surface area is 115 Å². The number of aryl methyl sites for hydroxylation is 2. The average molecular weight is 280 g/mol. The first-order valence-corrected chi connectivity index (χ1v) is 5.75. The number of nitrogens with two attached hydrogens (primary N) is 2. The van der Waals surface area contributed by atoms with E-state index in [2.05, 4.69) is 4.98 Å². The summed E-state index contributed by atoms with van der Waals surface area (Å²) in [6.07, 6.45) is 0. The minimum absolute atomic E-state index is 0.00704. The molecular weight excluding hydrogens is 264 g/mol. The van der Waals surface area contributed by atoms with Gasteiger partial charge in [0.25, 0.3) is 0 Å². The van der Waals surface area contributed by atoms with Crippen LogP contribution in [-0.2, 0) is 9.59 Å². The third kappa shape index (κ3) is 3.67. The second-order valence-electron chi connectivity index (χ2n) is 4.37. The Morgan fingerprint density at radius 1 is 1.20 bits per heavy atom. The summed E-state index contributed by atoms with van der Waals surface area (Å²) >= 11 is 0. The molecule has 0 atom stereocenters. The van der Waals surface area contributed by atoms with Crippen molar-refractivity contribution < 1.29 is 19.5 Å². The van der Waals surface area contributed by atoms with Crippen LogP contribution in [0.3, 0.4) is 0 Å². The van der Waals surface area contributed by atoms with Gasteiger partial charge in [-0.1, -0.05) is 0 Å². The lowest BCUT2D eigenvalue weighted by Gasteiger charge is -2.23. The molecule has 0 spiro atoms. The van der Waals surface area contributed by atoms with Crippen molar-refractivity contribution >= 4 is 23.6 Å². The molecule has 1 rings (SSSR count). The minimum Gasteiger partial charge on any atom is -0.478 e. The van der Waals surface area contributed by atoms with Crippen LogP contribution in [0.2, 0.25) is 0 Å². The summed E-state index contributed by atoms with van der Waals surface area (Å²) < 4.78 is 0. The zero-order valence-corrected chi connectivity index (χ0v) is 11.2. The van der Waals surface area contributed by atoms with Gasteiger partial charge in [0.15, 0.2) is 0 Å². The van der Waals surface area contributed by atoms with Crippen molar-refractivity contribution in [3.8, 4) is 0 Å². The van der Waals surface area contributed by atoms with Gasteiger partial charge in [-0.25, -0.2) is 9.78 Å². The topological polar surface area (TPSA) is 140 Å². The molecule has 0 saturated carbocycles. The molecule has 0 aliphatic heterocycles. The van der Waals surface area contributed by atoms with Crippen LogP contribution in [0.4, 0.5) is 5.82 Å². The van der Waals surface area contributed by atoms with Gasteiger partial charge in [0, 0.05) is 5.69 Å². The molecule has 1 aromatic rings. The van der Waals surface area contributed by atoms with Gasteiger partial charge in [-0.2, -0.15) is 0 Å². The number of carboxylic acids is 1. The molecule has 8 heteroatoms. The first kappa shape index (κ1) is 15.4. The van der Waals surface area contributed by atoms with Crippen LogP contribution in [0.15, 0.2) is 6.07 Å². The van der Waals surface area contributed by atoms with Gasteiger partial charge < -0.3 is 21.5 Å². The number of pyridine rings is 1. The molecule has 8 nitrogen and oxygen atoms in total. The molecule has 0 saturated heterocycles. The number of hydrogen-bond acceptors (Lipinski definition) is 5. The lowest BCUT2D eigenvalue weighted by molar-refractivity contribution is -0.117. The van der Waals surface area contributed by atoms with Crippen molar-refractivity contribution in [2.45, 2.75) is 13.8 Å². The summed E-state index contributed by atoms with van der Waals surface area (Å²) in [5.41, 5.74) is 11.1. The fourth-order valence-corrected chi connectivity index (χ4v) is 1.89. The van der Waals surface area contributed by atoms with Crippen LogP contribution >= 0.6 is 0 Å².